The van der Waals surface area contributed by atoms with E-state index in [-0.39, 0.29) is 0 Å². The summed E-state index contributed by atoms with van der Waals surface area (Å²) in [4.78, 5) is 6.30. The van der Waals surface area contributed by atoms with Gasteiger partial charge >= 0.3 is 0 Å². The number of hydrogen-bond acceptors (Lipinski definition) is 3. The number of benzene rings is 1. The number of halogens is 1. The SMILES string of the molecule is CN(c1ccc(C#N)cc1)c1ccc(CCl)cn1. The highest BCUT2D eigenvalue weighted by atomic mass is 35.5. The molecule has 0 saturated heterocycles. The molecule has 1 heterocycles. The zero-order valence-corrected chi connectivity index (χ0v) is 10.7. The summed E-state index contributed by atoms with van der Waals surface area (Å²) in [6, 6.07) is 13.4. The first-order valence-corrected chi connectivity index (χ1v) is 6.03. The third kappa shape index (κ3) is 2.61. The molecule has 0 radical (unpaired) electrons. The predicted molar refractivity (Wildman–Crippen MR) is 73.0 cm³/mol. The zero-order valence-electron chi connectivity index (χ0n) is 9.97. The second-order valence-electron chi connectivity index (χ2n) is 3.88. The van der Waals surface area contributed by atoms with Gasteiger partial charge in [0.05, 0.1) is 11.6 Å². The molecule has 0 fully saturated rings. The van der Waals surface area contributed by atoms with Crippen molar-refractivity contribution >= 4 is 23.1 Å². The van der Waals surface area contributed by atoms with Crippen molar-refractivity contribution in [2.45, 2.75) is 5.88 Å². The fourth-order valence-electron chi connectivity index (χ4n) is 1.59. The molecule has 0 atom stereocenters. The summed E-state index contributed by atoms with van der Waals surface area (Å²) in [5.74, 6) is 1.31. The Bertz CT molecular complexity index is 555. The lowest BCUT2D eigenvalue weighted by Crippen LogP contribution is -2.10. The normalized spacial score (nSPS) is 9.83. The number of aromatic nitrogens is 1. The fourth-order valence-corrected chi connectivity index (χ4v) is 1.74. The molecular weight excluding hydrogens is 246 g/mol. The van der Waals surface area contributed by atoms with Gasteiger partial charge in [0.15, 0.2) is 0 Å². The molecule has 2 rings (SSSR count). The van der Waals surface area contributed by atoms with Gasteiger partial charge in [0, 0.05) is 24.8 Å². The average molecular weight is 258 g/mol. The number of pyridine rings is 1. The Balaban J connectivity index is 2.23. The van der Waals surface area contributed by atoms with E-state index in [4.69, 9.17) is 16.9 Å². The Kier molecular flexibility index (Phi) is 3.81. The monoisotopic (exact) mass is 257 g/mol. The summed E-state index contributed by atoms with van der Waals surface area (Å²) in [6.45, 7) is 0. The molecule has 90 valence electrons. The Morgan fingerprint density at radius 2 is 1.94 bits per heavy atom. The van der Waals surface area contributed by atoms with Crippen molar-refractivity contribution in [3.05, 3.63) is 53.7 Å². The van der Waals surface area contributed by atoms with Crippen LogP contribution in [0.1, 0.15) is 11.1 Å². The lowest BCUT2D eigenvalue weighted by molar-refractivity contribution is 1.11. The van der Waals surface area contributed by atoms with E-state index in [0.29, 0.717) is 11.4 Å². The molecule has 0 aliphatic heterocycles. The maximum Gasteiger partial charge on any atom is 0.132 e. The van der Waals surface area contributed by atoms with Crippen LogP contribution < -0.4 is 4.90 Å². The smallest absolute Gasteiger partial charge is 0.132 e. The van der Waals surface area contributed by atoms with Crippen molar-refractivity contribution in [2.75, 3.05) is 11.9 Å². The van der Waals surface area contributed by atoms with Gasteiger partial charge in [-0.1, -0.05) is 6.07 Å². The highest BCUT2D eigenvalue weighted by Crippen LogP contribution is 2.22. The second-order valence-corrected chi connectivity index (χ2v) is 4.14. The molecule has 0 saturated carbocycles. The number of alkyl halides is 1. The van der Waals surface area contributed by atoms with E-state index in [0.717, 1.165) is 17.1 Å². The molecule has 0 aliphatic carbocycles. The second kappa shape index (κ2) is 5.52. The number of nitrogens with zero attached hydrogens (tertiary/aromatic N) is 3. The van der Waals surface area contributed by atoms with Crippen LogP contribution in [0.3, 0.4) is 0 Å². The van der Waals surface area contributed by atoms with Crippen LogP contribution in [-0.4, -0.2) is 12.0 Å². The summed E-state index contributed by atoms with van der Waals surface area (Å²) in [6.07, 6.45) is 1.77. The molecule has 0 bridgehead atoms. The van der Waals surface area contributed by atoms with Gasteiger partial charge < -0.3 is 4.90 Å². The van der Waals surface area contributed by atoms with Crippen molar-refractivity contribution in [3.8, 4) is 6.07 Å². The summed E-state index contributed by atoms with van der Waals surface area (Å²) in [5, 5.41) is 8.75. The van der Waals surface area contributed by atoms with Crippen LogP contribution in [0.25, 0.3) is 0 Å². The topological polar surface area (TPSA) is 39.9 Å². The molecule has 1 aromatic heterocycles. The van der Waals surface area contributed by atoms with E-state index in [2.05, 4.69) is 11.1 Å². The Labute approximate surface area is 111 Å². The molecule has 2 aromatic rings. The van der Waals surface area contributed by atoms with Crippen LogP contribution >= 0.6 is 11.6 Å². The van der Waals surface area contributed by atoms with Crippen molar-refractivity contribution < 1.29 is 0 Å². The minimum absolute atomic E-state index is 0.466. The van der Waals surface area contributed by atoms with Crippen LogP contribution in [-0.2, 0) is 5.88 Å². The molecule has 0 unspecified atom stereocenters. The fraction of sp³-hybridized carbons (Fsp3) is 0.143. The van der Waals surface area contributed by atoms with Crippen LogP contribution in [0.4, 0.5) is 11.5 Å². The molecular formula is C14H12ClN3. The van der Waals surface area contributed by atoms with Crippen molar-refractivity contribution in [1.82, 2.24) is 4.98 Å². The quantitative estimate of drug-likeness (QED) is 0.791. The molecule has 4 heteroatoms. The molecule has 0 amide bonds. The van der Waals surface area contributed by atoms with E-state index in [9.17, 15) is 0 Å². The van der Waals surface area contributed by atoms with Crippen molar-refractivity contribution in [3.63, 3.8) is 0 Å². The minimum atomic E-state index is 0.466. The van der Waals surface area contributed by atoms with Gasteiger partial charge in [0.2, 0.25) is 0 Å². The average Bonchev–Trinajstić information content (AvgIpc) is 2.47. The number of hydrogen-bond donors (Lipinski definition) is 0. The van der Waals surface area contributed by atoms with E-state index in [1.807, 2.05) is 36.2 Å². The molecule has 1 aromatic carbocycles. The van der Waals surface area contributed by atoms with Gasteiger partial charge in [-0.3, -0.25) is 0 Å². The number of nitriles is 1. The van der Waals surface area contributed by atoms with Gasteiger partial charge in [0.1, 0.15) is 5.82 Å². The summed E-state index contributed by atoms with van der Waals surface area (Å²) >= 11 is 5.72. The Morgan fingerprint density at radius 1 is 1.22 bits per heavy atom. The van der Waals surface area contributed by atoms with E-state index in [1.54, 1.807) is 18.3 Å². The molecule has 0 spiro atoms. The molecule has 18 heavy (non-hydrogen) atoms. The lowest BCUT2D eigenvalue weighted by atomic mass is 10.2. The zero-order chi connectivity index (χ0) is 13.0. The van der Waals surface area contributed by atoms with Crippen LogP contribution in [0, 0.1) is 11.3 Å². The largest absolute Gasteiger partial charge is 0.329 e. The number of rotatable bonds is 3. The van der Waals surface area contributed by atoms with Gasteiger partial charge in [0.25, 0.3) is 0 Å². The highest BCUT2D eigenvalue weighted by molar-refractivity contribution is 6.17. The first-order valence-electron chi connectivity index (χ1n) is 5.49. The Hall–Kier alpha value is -2.05. The van der Waals surface area contributed by atoms with Crippen molar-refractivity contribution in [1.29, 1.82) is 5.26 Å². The third-order valence-corrected chi connectivity index (χ3v) is 3.00. The first kappa shape index (κ1) is 12.4. The minimum Gasteiger partial charge on any atom is -0.329 e. The molecule has 0 aliphatic rings. The van der Waals surface area contributed by atoms with Gasteiger partial charge in [-0.05, 0) is 35.9 Å². The number of anilines is 2. The Morgan fingerprint density at radius 3 is 2.44 bits per heavy atom. The van der Waals surface area contributed by atoms with E-state index >= 15 is 0 Å². The molecule has 3 nitrogen and oxygen atoms in total. The van der Waals surface area contributed by atoms with Gasteiger partial charge in [-0.2, -0.15) is 5.26 Å². The first-order chi connectivity index (χ1) is 8.74. The standard InChI is InChI=1S/C14H12ClN3/c1-18(13-5-2-11(9-16)3-6-13)14-7-4-12(8-15)10-17-14/h2-7,10H,8H2,1H3. The van der Waals surface area contributed by atoms with Crippen LogP contribution in [0.5, 0.6) is 0 Å². The maximum atomic E-state index is 8.75. The van der Waals surface area contributed by atoms with E-state index < -0.39 is 0 Å². The van der Waals surface area contributed by atoms with Crippen molar-refractivity contribution in [2.24, 2.45) is 0 Å². The summed E-state index contributed by atoms with van der Waals surface area (Å²) in [7, 11) is 1.93. The summed E-state index contributed by atoms with van der Waals surface area (Å²) < 4.78 is 0. The maximum absolute atomic E-state index is 8.75. The van der Waals surface area contributed by atoms with Gasteiger partial charge in [-0.15, -0.1) is 11.6 Å². The van der Waals surface area contributed by atoms with Gasteiger partial charge in [-0.25, -0.2) is 4.98 Å². The van der Waals surface area contributed by atoms with Crippen LogP contribution in [0.2, 0.25) is 0 Å². The summed E-state index contributed by atoms with van der Waals surface area (Å²) in [5.41, 5.74) is 2.63. The molecule has 0 N–H and O–H groups in total. The third-order valence-electron chi connectivity index (χ3n) is 2.69. The van der Waals surface area contributed by atoms with E-state index in [1.165, 1.54) is 0 Å². The van der Waals surface area contributed by atoms with Crippen LogP contribution in [0.15, 0.2) is 42.6 Å². The lowest BCUT2D eigenvalue weighted by Gasteiger charge is -2.18. The predicted octanol–water partition coefficient (Wildman–Crippen LogP) is 3.46. The highest BCUT2D eigenvalue weighted by Gasteiger charge is 2.05.